The predicted octanol–water partition coefficient (Wildman–Crippen LogP) is 6.45. The second kappa shape index (κ2) is 16.7. The van der Waals surface area contributed by atoms with E-state index in [2.05, 4.69) is 45.1 Å². The summed E-state index contributed by atoms with van der Waals surface area (Å²) in [5.41, 5.74) is 0.128. The normalized spacial score (nSPS) is 26.0. The van der Waals surface area contributed by atoms with E-state index in [1.54, 1.807) is 18.2 Å². The first kappa shape index (κ1) is 42.4. The highest BCUT2D eigenvalue weighted by molar-refractivity contribution is 14.1. The Morgan fingerprint density at radius 2 is 1.86 bits per heavy atom. The first-order valence-corrected chi connectivity index (χ1v) is 22.3. The molecule has 0 spiro atoms. The first-order valence-electron chi connectivity index (χ1n) is 19.9. The molecule has 3 saturated carbocycles. The molecule has 314 valence electrons. The molecule has 4 fully saturated rings. The van der Waals surface area contributed by atoms with Gasteiger partial charge >= 0.3 is 12.1 Å². The van der Waals surface area contributed by atoms with Gasteiger partial charge < -0.3 is 40.2 Å². The van der Waals surface area contributed by atoms with Gasteiger partial charge in [-0.3, -0.25) is 9.59 Å². The lowest BCUT2D eigenvalue weighted by atomic mass is 9.85. The molecule has 1 unspecified atom stereocenters. The molecular weight excluding hydrogens is 889 g/mol. The van der Waals surface area contributed by atoms with Gasteiger partial charge in [-0.05, 0) is 68.9 Å². The van der Waals surface area contributed by atoms with Gasteiger partial charge in [0.05, 0.1) is 17.8 Å². The van der Waals surface area contributed by atoms with Gasteiger partial charge in [-0.25, -0.2) is 19.6 Å². The van der Waals surface area contributed by atoms with E-state index in [1.165, 1.54) is 28.7 Å². The standard InChI is InChI=1S/C42H50IN7O8S/c1-7-24-17-42(24,38(53)54)49-36(51)31-15-26(19-50(31)37(52)35(41(4,5)6)48-40(55)58-25-13-22-12-23(22)14-25)57-33-16-29(30-20-59-39(47-30)45-21(2)3)46-34-27(33)8-9-32(28(34)18-43)56-11-10-44/h7-9,16,20-26,31,35H,1,11-15,17-19H2,2-6H3,(H,45,47)(H,48,55)(H,49,51)(H,53,54)/t22-,23+,24-,25?,26-,31+,35-,42-/m1/s1. The predicted molar refractivity (Wildman–Crippen MR) is 229 cm³/mol. The minimum Gasteiger partial charge on any atom is -0.488 e. The van der Waals surface area contributed by atoms with Gasteiger partial charge in [0, 0.05) is 45.2 Å². The zero-order chi connectivity index (χ0) is 42.4. The number of nitrogens with one attached hydrogen (secondary N) is 3. The van der Waals surface area contributed by atoms with Crippen LogP contribution in [0.25, 0.3) is 22.3 Å². The number of aromatic nitrogens is 2. The number of thiazole rings is 1. The number of likely N-dealkylation sites (tertiary alicyclic amines) is 1. The number of anilines is 1. The van der Waals surface area contributed by atoms with Crippen molar-refractivity contribution in [2.24, 2.45) is 23.2 Å². The van der Waals surface area contributed by atoms with E-state index in [9.17, 15) is 29.5 Å². The minimum atomic E-state index is -1.53. The molecule has 59 heavy (non-hydrogen) atoms. The summed E-state index contributed by atoms with van der Waals surface area (Å²) in [6.07, 6.45) is 2.86. The van der Waals surface area contributed by atoms with Crippen LogP contribution >= 0.6 is 33.9 Å². The first-order chi connectivity index (χ1) is 28.0. The molecule has 1 aliphatic heterocycles. The highest BCUT2D eigenvalue weighted by Crippen LogP contribution is 2.52. The minimum absolute atomic E-state index is 0.0268. The smallest absolute Gasteiger partial charge is 0.408 e. The summed E-state index contributed by atoms with van der Waals surface area (Å²) in [5.74, 6) is -0.700. The molecule has 1 aromatic carbocycles. The molecule has 1 saturated heterocycles. The largest absolute Gasteiger partial charge is 0.488 e. The van der Waals surface area contributed by atoms with E-state index in [0.717, 1.165) is 23.5 Å². The number of carboxylic acids is 1. The summed E-state index contributed by atoms with van der Waals surface area (Å²) in [5, 5.41) is 31.5. The molecule has 0 radical (unpaired) electrons. The summed E-state index contributed by atoms with van der Waals surface area (Å²) in [7, 11) is 0. The maximum absolute atomic E-state index is 14.7. The third-order valence-electron chi connectivity index (χ3n) is 11.6. The van der Waals surface area contributed by atoms with E-state index in [-0.39, 0.29) is 38.1 Å². The average Bonchev–Trinajstić information content (AvgIpc) is 3.85. The van der Waals surface area contributed by atoms with Crippen molar-refractivity contribution in [1.29, 1.82) is 5.26 Å². The van der Waals surface area contributed by atoms with Crippen molar-refractivity contribution in [3.63, 3.8) is 0 Å². The van der Waals surface area contributed by atoms with Crippen LogP contribution < -0.4 is 25.4 Å². The number of carboxylic acid groups (broad SMARTS) is 1. The number of carbonyl (C=O) groups is 4. The summed E-state index contributed by atoms with van der Waals surface area (Å²) in [6, 6.07) is 5.31. The van der Waals surface area contributed by atoms with Crippen molar-refractivity contribution in [1.82, 2.24) is 25.5 Å². The Balaban J connectivity index is 1.22. The molecule has 4 aliphatic rings. The highest BCUT2D eigenvalue weighted by Gasteiger charge is 2.61. The second-order valence-electron chi connectivity index (χ2n) is 17.4. The number of aliphatic carboxylic acids is 1. The maximum atomic E-state index is 14.7. The van der Waals surface area contributed by atoms with Crippen molar-refractivity contribution in [2.45, 2.75) is 107 Å². The fourth-order valence-electron chi connectivity index (χ4n) is 8.35. The van der Waals surface area contributed by atoms with Crippen molar-refractivity contribution in [3.05, 3.63) is 41.8 Å². The summed E-state index contributed by atoms with van der Waals surface area (Å²) >= 11 is 3.66. The number of carbonyl (C=O) groups excluding carboxylic acids is 3. The number of pyridine rings is 1. The van der Waals surface area contributed by atoms with Gasteiger partial charge in [0.25, 0.3) is 0 Å². The second-order valence-corrected chi connectivity index (χ2v) is 19.0. The monoisotopic (exact) mass is 939 g/mol. The topological polar surface area (TPSA) is 205 Å². The number of fused-ring (bicyclic) bond motifs is 2. The SMILES string of the molecule is C=C[C@@H]1C[C@]1(NC(=O)[C@@H]1C[C@@H](Oc2cc(-c3csc(NC(C)C)n3)nc3c(CI)c(OCC#N)ccc23)CN1C(=O)[C@@H](NC(=O)OC1C[C@@H]2C[C@@H]2C1)C(C)(C)C)C(=O)O. The number of halogens is 1. The van der Waals surface area contributed by atoms with Crippen LogP contribution in [0.3, 0.4) is 0 Å². The molecular formula is C42H50IN7O8S. The van der Waals surface area contributed by atoms with E-state index >= 15 is 0 Å². The molecule has 17 heteroatoms. The van der Waals surface area contributed by atoms with Crippen molar-refractivity contribution >= 4 is 73.8 Å². The molecule has 4 N–H and O–H groups in total. The Bertz CT molecular complexity index is 2190. The summed E-state index contributed by atoms with van der Waals surface area (Å²) < 4.78 is 18.8. The maximum Gasteiger partial charge on any atom is 0.408 e. The Hall–Kier alpha value is -4.70. The molecule has 3 heterocycles. The van der Waals surface area contributed by atoms with Gasteiger partial charge in [0.1, 0.15) is 53.1 Å². The van der Waals surface area contributed by atoms with E-state index < -0.39 is 58.9 Å². The lowest BCUT2D eigenvalue weighted by Crippen LogP contribution is -2.59. The summed E-state index contributed by atoms with van der Waals surface area (Å²) in [4.78, 5) is 65.9. The number of hydrogen-bond acceptors (Lipinski definition) is 12. The Kier molecular flexibility index (Phi) is 12.0. The zero-order valence-electron chi connectivity index (χ0n) is 33.7. The number of alkyl carbamates (subject to hydrolysis) is 1. The van der Waals surface area contributed by atoms with Gasteiger partial charge in [0.2, 0.25) is 11.8 Å². The lowest BCUT2D eigenvalue weighted by molar-refractivity contribution is -0.146. The number of nitrogens with zero attached hydrogens (tertiary/aromatic N) is 4. The van der Waals surface area contributed by atoms with Crippen LogP contribution in [-0.4, -0.2) is 92.9 Å². The van der Waals surface area contributed by atoms with Crippen molar-refractivity contribution in [2.75, 3.05) is 18.5 Å². The van der Waals surface area contributed by atoms with Gasteiger partial charge in [-0.1, -0.05) is 49.4 Å². The Morgan fingerprint density at radius 1 is 1.12 bits per heavy atom. The van der Waals surface area contributed by atoms with E-state index in [0.29, 0.717) is 50.1 Å². The van der Waals surface area contributed by atoms with Crippen LogP contribution in [0.15, 0.2) is 36.2 Å². The quantitative estimate of drug-likeness (QED) is 0.0738. The molecule has 3 aliphatic carbocycles. The third-order valence-corrected chi connectivity index (χ3v) is 13.2. The number of rotatable bonds is 15. The molecule has 2 aromatic heterocycles. The molecule has 8 atom stereocenters. The number of amides is 3. The third kappa shape index (κ3) is 8.93. The van der Waals surface area contributed by atoms with Crippen LogP contribution in [0.2, 0.25) is 0 Å². The summed E-state index contributed by atoms with van der Waals surface area (Å²) in [6.45, 7) is 13.1. The van der Waals surface area contributed by atoms with Gasteiger partial charge in [0.15, 0.2) is 11.7 Å². The van der Waals surface area contributed by atoms with E-state index in [4.69, 9.17) is 24.2 Å². The lowest BCUT2D eigenvalue weighted by Gasteiger charge is -2.35. The van der Waals surface area contributed by atoms with Crippen LogP contribution in [-0.2, 0) is 23.5 Å². The molecule has 7 rings (SSSR count). The molecule has 3 amide bonds. The van der Waals surface area contributed by atoms with Gasteiger partial charge in [-0.15, -0.1) is 17.9 Å². The van der Waals surface area contributed by atoms with Crippen molar-refractivity contribution in [3.8, 4) is 29.0 Å². The average molecular weight is 940 g/mol. The van der Waals surface area contributed by atoms with Crippen LogP contribution in [0.5, 0.6) is 11.5 Å². The number of benzene rings is 1. The molecule has 0 bridgehead atoms. The van der Waals surface area contributed by atoms with Gasteiger partial charge in [-0.2, -0.15) is 5.26 Å². The van der Waals surface area contributed by atoms with E-state index in [1.807, 2.05) is 46.1 Å². The number of ether oxygens (including phenoxy) is 3. The molecule has 15 nitrogen and oxygen atoms in total. The van der Waals surface area contributed by atoms with Crippen LogP contribution in [0.4, 0.5) is 9.93 Å². The number of hydrogen-bond donors (Lipinski definition) is 4. The highest BCUT2D eigenvalue weighted by atomic mass is 127. The molecule has 3 aromatic rings. The fourth-order valence-corrected chi connectivity index (χ4v) is 9.94. The van der Waals surface area contributed by atoms with Crippen LogP contribution in [0.1, 0.15) is 72.3 Å². The number of nitriles is 1. The fraction of sp³-hybridized carbons (Fsp3) is 0.548. The van der Waals surface area contributed by atoms with Crippen molar-refractivity contribution < 1.29 is 38.5 Å². The van der Waals surface area contributed by atoms with Crippen LogP contribution in [0, 0.1) is 34.5 Å². The number of alkyl halides is 1. The Labute approximate surface area is 360 Å². The Morgan fingerprint density at radius 3 is 2.49 bits per heavy atom. The zero-order valence-corrected chi connectivity index (χ0v) is 36.7.